The van der Waals surface area contributed by atoms with Gasteiger partial charge in [0.2, 0.25) is 0 Å². The fourth-order valence-corrected chi connectivity index (χ4v) is 3.20. The van der Waals surface area contributed by atoms with Crippen molar-refractivity contribution >= 4 is 11.9 Å². The SMILES string of the molecule is CCCCCOC(=O)C(CC(C)C)(CC(C)C)C(=O)OCCCCC. The van der Waals surface area contributed by atoms with Crippen molar-refractivity contribution in [2.75, 3.05) is 13.2 Å². The van der Waals surface area contributed by atoms with E-state index in [0.29, 0.717) is 26.1 Å². The van der Waals surface area contributed by atoms with E-state index in [2.05, 4.69) is 13.8 Å². The number of esters is 2. The van der Waals surface area contributed by atoms with Crippen LogP contribution in [0.2, 0.25) is 0 Å². The van der Waals surface area contributed by atoms with E-state index in [1.165, 1.54) is 0 Å². The van der Waals surface area contributed by atoms with Crippen molar-refractivity contribution in [3.63, 3.8) is 0 Å². The Morgan fingerprint density at radius 3 is 1.36 bits per heavy atom. The minimum absolute atomic E-state index is 0.213. The topological polar surface area (TPSA) is 52.6 Å². The highest BCUT2D eigenvalue weighted by molar-refractivity contribution is 6.00. The Morgan fingerprint density at radius 1 is 0.720 bits per heavy atom. The average molecular weight is 357 g/mol. The van der Waals surface area contributed by atoms with Crippen molar-refractivity contribution in [1.82, 2.24) is 0 Å². The molecule has 0 aliphatic rings. The van der Waals surface area contributed by atoms with Crippen LogP contribution >= 0.6 is 0 Å². The smallest absolute Gasteiger partial charge is 0.323 e. The normalized spacial score (nSPS) is 11.8. The molecule has 0 aliphatic carbocycles. The molecule has 0 aromatic heterocycles. The number of hydrogen-bond donors (Lipinski definition) is 0. The molecule has 4 nitrogen and oxygen atoms in total. The van der Waals surface area contributed by atoms with Crippen molar-refractivity contribution in [1.29, 1.82) is 0 Å². The Morgan fingerprint density at radius 2 is 1.08 bits per heavy atom. The maximum Gasteiger partial charge on any atom is 0.323 e. The van der Waals surface area contributed by atoms with Gasteiger partial charge in [-0.1, -0.05) is 67.2 Å². The minimum Gasteiger partial charge on any atom is -0.465 e. The monoisotopic (exact) mass is 356 g/mol. The lowest BCUT2D eigenvalue weighted by Gasteiger charge is -2.32. The van der Waals surface area contributed by atoms with Gasteiger partial charge in [-0.25, -0.2) is 0 Å². The molecule has 0 fully saturated rings. The second-order valence-corrected chi connectivity index (χ2v) is 7.96. The van der Waals surface area contributed by atoms with Crippen LogP contribution in [-0.2, 0) is 19.1 Å². The lowest BCUT2D eigenvalue weighted by molar-refractivity contribution is -0.175. The summed E-state index contributed by atoms with van der Waals surface area (Å²) in [6.45, 7) is 13.1. The zero-order valence-electron chi connectivity index (χ0n) is 17.4. The fourth-order valence-electron chi connectivity index (χ4n) is 3.20. The van der Waals surface area contributed by atoms with E-state index in [4.69, 9.17) is 9.47 Å². The van der Waals surface area contributed by atoms with Crippen LogP contribution < -0.4 is 0 Å². The molecule has 0 bridgehead atoms. The molecule has 0 aromatic rings. The third-order valence-electron chi connectivity index (χ3n) is 4.26. The standard InChI is InChI=1S/C21H40O4/c1-7-9-11-13-24-19(22)21(15-17(3)4,16-18(5)6)20(23)25-14-12-10-8-2/h17-18H,7-16H2,1-6H3. The highest BCUT2D eigenvalue weighted by Crippen LogP contribution is 2.37. The predicted molar refractivity (Wildman–Crippen MR) is 102 cm³/mol. The number of unbranched alkanes of at least 4 members (excludes halogenated alkanes) is 4. The number of carbonyl (C=O) groups excluding carboxylic acids is 2. The van der Waals surface area contributed by atoms with Gasteiger partial charge in [0.1, 0.15) is 0 Å². The van der Waals surface area contributed by atoms with E-state index in [0.717, 1.165) is 38.5 Å². The van der Waals surface area contributed by atoms with Crippen molar-refractivity contribution < 1.29 is 19.1 Å². The summed E-state index contributed by atoms with van der Waals surface area (Å²) in [4.78, 5) is 25.8. The molecule has 0 aliphatic heterocycles. The Bertz CT molecular complexity index is 338. The molecule has 0 saturated carbocycles. The number of hydrogen-bond acceptors (Lipinski definition) is 4. The van der Waals surface area contributed by atoms with Gasteiger partial charge in [-0.3, -0.25) is 9.59 Å². The first kappa shape index (κ1) is 23.9. The van der Waals surface area contributed by atoms with Gasteiger partial charge in [0.05, 0.1) is 13.2 Å². The van der Waals surface area contributed by atoms with Crippen molar-refractivity contribution in [3.8, 4) is 0 Å². The van der Waals surface area contributed by atoms with Gasteiger partial charge in [-0.2, -0.15) is 0 Å². The lowest BCUT2D eigenvalue weighted by Crippen LogP contribution is -2.44. The molecule has 25 heavy (non-hydrogen) atoms. The fraction of sp³-hybridized carbons (Fsp3) is 0.905. The Labute approximate surface area is 155 Å². The molecule has 0 amide bonds. The van der Waals surface area contributed by atoms with E-state index in [1.807, 2.05) is 27.7 Å². The summed E-state index contributed by atoms with van der Waals surface area (Å²) in [5.74, 6) is -0.367. The van der Waals surface area contributed by atoms with Crippen LogP contribution in [0.1, 0.15) is 92.9 Å². The summed E-state index contributed by atoms with van der Waals surface area (Å²) in [7, 11) is 0. The average Bonchev–Trinajstić information content (AvgIpc) is 2.53. The highest BCUT2D eigenvalue weighted by Gasteiger charge is 2.49. The van der Waals surface area contributed by atoms with Gasteiger partial charge in [-0.05, 0) is 37.5 Å². The maximum atomic E-state index is 12.9. The molecule has 0 heterocycles. The van der Waals surface area contributed by atoms with Gasteiger partial charge in [0.25, 0.3) is 0 Å². The summed E-state index contributed by atoms with van der Waals surface area (Å²) < 4.78 is 11.0. The molecular formula is C21H40O4. The van der Waals surface area contributed by atoms with E-state index >= 15 is 0 Å². The number of carbonyl (C=O) groups is 2. The Balaban J connectivity index is 5.19. The molecule has 0 atom stereocenters. The van der Waals surface area contributed by atoms with Gasteiger partial charge in [-0.15, -0.1) is 0 Å². The number of ether oxygens (including phenoxy) is 2. The lowest BCUT2D eigenvalue weighted by atomic mass is 9.74. The highest BCUT2D eigenvalue weighted by atomic mass is 16.6. The summed E-state index contributed by atoms with van der Waals surface area (Å²) in [6.07, 6.45) is 6.82. The largest absolute Gasteiger partial charge is 0.465 e. The van der Waals surface area contributed by atoms with E-state index in [-0.39, 0.29) is 11.8 Å². The zero-order chi connectivity index (χ0) is 19.3. The van der Waals surface area contributed by atoms with E-state index in [1.54, 1.807) is 0 Å². The molecule has 0 saturated heterocycles. The molecule has 0 rings (SSSR count). The number of rotatable bonds is 14. The first-order valence-electron chi connectivity index (χ1n) is 10.1. The quantitative estimate of drug-likeness (QED) is 0.233. The van der Waals surface area contributed by atoms with Gasteiger partial charge >= 0.3 is 11.9 Å². The van der Waals surface area contributed by atoms with Crippen LogP contribution in [0, 0.1) is 17.3 Å². The third-order valence-corrected chi connectivity index (χ3v) is 4.26. The second-order valence-electron chi connectivity index (χ2n) is 7.96. The minimum atomic E-state index is -1.17. The van der Waals surface area contributed by atoms with Crippen LogP contribution in [-0.4, -0.2) is 25.2 Å². The van der Waals surface area contributed by atoms with Gasteiger partial charge in [0.15, 0.2) is 5.41 Å². The molecule has 0 unspecified atom stereocenters. The van der Waals surface area contributed by atoms with Crippen molar-refractivity contribution in [2.24, 2.45) is 17.3 Å². The van der Waals surface area contributed by atoms with Crippen LogP contribution in [0.25, 0.3) is 0 Å². The van der Waals surface area contributed by atoms with Crippen LogP contribution in [0.3, 0.4) is 0 Å². The van der Waals surface area contributed by atoms with E-state index < -0.39 is 17.4 Å². The predicted octanol–water partition coefficient (Wildman–Crippen LogP) is 5.53. The molecule has 0 N–H and O–H groups in total. The van der Waals surface area contributed by atoms with Crippen molar-refractivity contribution in [2.45, 2.75) is 92.9 Å². The first-order chi connectivity index (χ1) is 11.8. The summed E-state index contributed by atoms with van der Waals surface area (Å²) in [6, 6.07) is 0. The molecule has 0 radical (unpaired) electrons. The molecular weight excluding hydrogens is 316 g/mol. The molecule has 4 heteroatoms. The second kappa shape index (κ2) is 13.2. The van der Waals surface area contributed by atoms with Crippen LogP contribution in [0.15, 0.2) is 0 Å². The van der Waals surface area contributed by atoms with Crippen LogP contribution in [0.4, 0.5) is 0 Å². The third kappa shape index (κ3) is 9.27. The molecule has 0 aromatic carbocycles. The van der Waals surface area contributed by atoms with Gasteiger partial charge in [0, 0.05) is 0 Å². The maximum absolute atomic E-state index is 12.9. The Hall–Kier alpha value is -1.06. The summed E-state index contributed by atoms with van der Waals surface area (Å²) in [5, 5.41) is 0. The van der Waals surface area contributed by atoms with Gasteiger partial charge < -0.3 is 9.47 Å². The Kier molecular flexibility index (Phi) is 12.6. The molecule has 0 spiro atoms. The molecule has 148 valence electrons. The van der Waals surface area contributed by atoms with E-state index in [9.17, 15) is 9.59 Å². The summed E-state index contributed by atoms with van der Waals surface area (Å²) in [5.41, 5.74) is -1.17. The summed E-state index contributed by atoms with van der Waals surface area (Å²) >= 11 is 0. The van der Waals surface area contributed by atoms with Crippen LogP contribution in [0.5, 0.6) is 0 Å². The van der Waals surface area contributed by atoms with Crippen molar-refractivity contribution in [3.05, 3.63) is 0 Å². The zero-order valence-corrected chi connectivity index (χ0v) is 17.4. The first-order valence-corrected chi connectivity index (χ1v) is 10.1.